The fourth-order valence-electron chi connectivity index (χ4n) is 0.858. The molecule has 0 atom stereocenters. The van der Waals surface area contributed by atoms with E-state index in [2.05, 4.69) is 13.2 Å². The monoisotopic (exact) mass is 276 g/mol. The smallest absolute Gasteiger partial charge is 0.123 e. The van der Waals surface area contributed by atoms with Crippen LogP contribution in [0.15, 0.2) is 72.8 Å². The van der Waals surface area contributed by atoms with Gasteiger partial charge in [-0.2, -0.15) is 0 Å². The number of ether oxygens (including phenoxy) is 1. The zero-order valence-corrected chi connectivity index (χ0v) is 14.4. The van der Waals surface area contributed by atoms with Crippen molar-refractivity contribution in [3.63, 3.8) is 0 Å². The highest BCUT2D eigenvalue weighted by molar-refractivity contribution is 5.24. The summed E-state index contributed by atoms with van der Waals surface area (Å²) in [5, 5.41) is 0. The maximum atomic E-state index is 5.51. The van der Waals surface area contributed by atoms with Crippen LogP contribution in [0.5, 0.6) is 0 Å². The Morgan fingerprint density at radius 1 is 0.900 bits per heavy atom. The van der Waals surface area contributed by atoms with Crippen molar-refractivity contribution in [3.05, 3.63) is 72.8 Å². The topological polar surface area (TPSA) is 9.23 Å². The molecule has 0 aromatic rings. The van der Waals surface area contributed by atoms with E-state index < -0.39 is 0 Å². The van der Waals surface area contributed by atoms with Gasteiger partial charge >= 0.3 is 0 Å². The summed E-state index contributed by atoms with van der Waals surface area (Å²) in [5.41, 5.74) is 1.17. The molecule has 0 saturated heterocycles. The highest BCUT2D eigenvalue weighted by Crippen LogP contribution is 2.09. The highest BCUT2D eigenvalue weighted by atomic mass is 16.5. The van der Waals surface area contributed by atoms with Gasteiger partial charge in [0.1, 0.15) is 11.5 Å². The summed E-state index contributed by atoms with van der Waals surface area (Å²) < 4.78 is 5.51. The first-order valence-electron chi connectivity index (χ1n) is 7.27. The Hall–Kier alpha value is -1.76. The predicted octanol–water partition coefficient (Wildman–Crippen LogP) is 6.74. The van der Waals surface area contributed by atoms with Gasteiger partial charge in [-0.05, 0) is 39.0 Å². The van der Waals surface area contributed by atoms with Crippen molar-refractivity contribution < 1.29 is 4.74 Å². The minimum Gasteiger partial charge on any atom is -0.458 e. The van der Waals surface area contributed by atoms with E-state index in [1.807, 2.05) is 84.9 Å². The van der Waals surface area contributed by atoms with Gasteiger partial charge in [0.2, 0.25) is 0 Å². The molecule has 114 valence electrons. The molecule has 0 aliphatic carbocycles. The fourth-order valence-corrected chi connectivity index (χ4v) is 0.858. The number of allylic oxidation sites excluding steroid dienone is 8. The molecule has 0 rings (SSSR count). The van der Waals surface area contributed by atoms with Gasteiger partial charge in [0.15, 0.2) is 0 Å². The lowest BCUT2D eigenvalue weighted by Gasteiger charge is -2.05. The summed E-state index contributed by atoms with van der Waals surface area (Å²) in [6.45, 7) is 21.4. The standard InChI is InChI=1S/C15H20O.2C2H6/c1-6-9-10-15(8-3)16-14(5)12-11-13(4)7-2;2*1-2/h6-12H,1,5H2,2-4H3;2*1-2H3/b10-9-,12-11-,13-7-,15-8+;;. The molecule has 0 heterocycles. The molecule has 0 N–H and O–H groups in total. The number of hydrogen-bond acceptors (Lipinski definition) is 1. The normalized spacial score (nSPS) is 11.3. The second-order valence-electron chi connectivity index (χ2n) is 3.22. The minimum atomic E-state index is 0.614. The second-order valence-corrected chi connectivity index (χ2v) is 3.22. The van der Waals surface area contributed by atoms with E-state index >= 15 is 0 Å². The molecule has 0 unspecified atom stereocenters. The summed E-state index contributed by atoms with van der Waals surface area (Å²) in [5.74, 6) is 1.37. The van der Waals surface area contributed by atoms with Crippen molar-refractivity contribution >= 4 is 0 Å². The summed E-state index contributed by atoms with van der Waals surface area (Å²) >= 11 is 0. The van der Waals surface area contributed by atoms with E-state index in [0.717, 1.165) is 5.76 Å². The van der Waals surface area contributed by atoms with Crippen LogP contribution in [0.1, 0.15) is 48.5 Å². The van der Waals surface area contributed by atoms with Gasteiger partial charge in [-0.3, -0.25) is 0 Å². The quantitative estimate of drug-likeness (QED) is 0.385. The Balaban J connectivity index is -0.000000656. The molecule has 0 aromatic heterocycles. The summed E-state index contributed by atoms with van der Waals surface area (Å²) in [6, 6.07) is 0. The van der Waals surface area contributed by atoms with Crippen molar-refractivity contribution in [2.75, 3.05) is 0 Å². The van der Waals surface area contributed by atoms with Crippen LogP contribution >= 0.6 is 0 Å². The van der Waals surface area contributed by atoms with Gasteiger partial charge in [-0.25, -0.2) is 0 Å². The van der Waals surface area contributed by atoms with Crippen LogP contribution in [0, 0.1) is 0 Å². The molecule has 0 fully saturated rings. The van der Waals surface area contributed by atoms with Crippen LogP contribution in [0.2, 0.25) is 0 Å². The van der Waals surface area contributed by atoms with Crippen molar-refractivity contribution in [2.45, 2.75) is 48.5 Å². The largest absolute Gasteiger partial charge is 0.458 e. The first kappa shape index (κ1) is 23.3. The average molecular weight is 276 g/mol. The lowest BCUT2D eigenvalue weighted by Crippen LogP contribution is -1.86. The third-order valence-electron chi connectivity index (χ3n) is 1.92. The van der Waals surface area contributed by atoms with Crippen LogP contribution < -0.4 is 0 Å². The molecular formula is C19H32O. The van der Waals surface area contributed by atoms with Gasteiger partial charge < -0.3 is 4.74 Å². The molecule has 1 nitrogen and oxygen atoms in total. The minimum absolute atomic E-state index is 0.614. The van der Waals surface area contributed by atoms with E-state index in [1.165, 1.54) is 5.57 Å². The summed E-state index contributed by atoms with van der Waals surface area (Å²) in [7, 11) is 0. The van der Waals surface area contributed by atoms with Gasteiger partial charge in [0.25, 0.3) is 0 Å². The molecule has 0 aliphatic rings. The maximum absolute atomic E-state index is 5.51. The van der Waals surface area contributed by atoms with Crippen LogP contribution in [-0.4, -0.2) is 0 Å². The van der Waals surface area contributed by atoms with E-state index in [9.17, 15) is 0 Å². The van der Waals surface area contributed by atoms with Crippen LogP contribution in [0.25, 0.3) is 0 Å². The third kappa shape index (κ3) is 16.2. The lowest BCUT2D eigenvalue weighted by molar-refractivity contribution is 0.337. The Morgan fingerprint density at radius 3 is 1.85 bits per heavy atom. The molecular weight excluding hydrogens is 244 g/mol. The van der Waals surface area contributed by atoms with E-state index in [-0.39, 0.29) is 0 Å². The molecule has 0 spiro atoms. The predicted molar refractivity (Wildman–Crippen MR) is 94.6 cm³/mol. The average Bonchev–Trinajstić information content (AvgIpc) is 2.52. The molecule has 0 bridgehead atoms. The zero-order valence-electron chi connectivity index (χ0n) is 14.4. The van der Waals surface area contributed by atoms with Crippen molar-refractivity contribution in [1.82, 2.24) is 0 Å². The Morgan fingerprint density at radius 2 is 1.45 bits per heavy atom. The van der Waals surface area contributed by atoms with Crippen molar-refractivity contribution in [3.8, 4) is 0 Å². The molecule has 0 amide bonds. The first-order chi connectivity index (χ1) is 9.63. The SMILES string of the molecule is C=C/C=C\C(=C/C)OC(=C)/C=C\C(C)=C/C.CC.CC. The van der Waals surface area contributed by atoms with Crippen LogP contribution in [0.3, 0.4) is 0 Å². The first-order valence-corrected chi connectivity index (χ1v) is 7.27. The highest BCUT2D eigenvalue weighted by Gasteiger charge is 1.93. The van der Waals surface area contributed by atoms with E-state index in [1.54, 1.807) is 6.08 Å². The maximum Gasteiger partial charge on any atom is 0.123 e. The van der Waals surface area contributed by atoms with Crippen molar-refractivity contribution in [1.29, 1.82) is 0 Å². The molecule has 0 saturated carbocycles. The summed E-state index contributed by atoms with van der Waals surface area (Å²) in [6.07, 6.45) is 13.1. The number of rotatable bonds is 6. The fraction of sp³-hybridized carbons (Fsp3) is 0.368. The van der Waals surface area contributed by atoms with Gasteiger partial charge in [0.05, 0.1) is 0 Å². The van der Waals surface area contributed by atoms with Gasteiger partial charge in [-0.1, -0.05) is 70.7 Å². The lowest BCUT2D eigenvalue weighted by atomic mass is 10.2. The van der Waals surface area contributed by atoms with Gasteiger partial charge in [-0.15, -0.1) is 0 Å². The molecule has 20 heavy (non-hydrogen) atoms. The number of hydrogen-bond donors (Lipinski definition) is 0. The van der Waals surface area contributed by atoms with E-state index in [0.29, 0.717) is 5.76 Å². The van der Waals surface area contributed by atoms with E-state index in [4.69, 9.17) is 4.74 Å². The van der Waals surface area contributed by atoms with Crippen LogP contribution in [-0.2, 0) is 4.74 Å². The molecule has 0 aliphatic heterocycles. The summed E-state index contributed by atoms with van der Waals surface area (Å²) in [4.78, 5) is 0. The zero-order chi connectivity index (χ0) is 16.4. The molecule has 0 radical (unpaired) electrons. The second kappa shape index (κ2) is 19.6. The third-order valence-corrected chi connectivity index (χ3v) is 1.92. The Kier molecular flexibility index (Phi) is 22.8. The van der Waals surface area contributed by atoms with Crippen molar-refractivity contribution in [2.24, 2.45) is 0 Å². The van der Waals surface area contributed by atoms with Gasteiger partial charge in [0, 0.05) is 0 Å². The molecule has 0 aromatic carbocycles. The Labute approximate surface area is 126 Å². The molecule has 1 heteroatoms. The van der Waals surface area contributed by atoms with Crippen LogP contribution in [0.4, 0.5) is 0 Å². The Bertz CT molecular complexity index is 352.